The lowest BCUT2D eigenvalue weighted by atomic mass is 9.87. The van der Waals surface area contributed by atoms with Crippen molar-refractivity contribution < 1.29 is 28.1 Å². The predicted molar refractivity (Wildman–Crippen MR) is 154 cm³/mol. The van der Waals surface area contributed by atoms with Crippen LogP contribution in [0.15, 0.2) is 103 Å². The summed E-state index contributed by atoms with van der Waals surface area (Å²) in [4.78, 5) is 15.9. The molecule has 0 spiro atoms. The van der Waals surface area contributed by atoms with Gasteiger partial charge in [0.1, 0.15) is 0 Å². The molecule has 0 atom stereocenters. The number of rotatable bonds is 2. The van der Waals surface area contributed by atoms with Crippen molar-refractivity contribution >= 4 is 23.1 Å². The van der Waals surface area contributed by atoms with E-state index in [-0.39, 0.29) is 5.78 Å². The van der Waals surface area contributed by atoms with Crippen LogP contribution in [0.3, 0.4) is 0 Å². The molecule has 4 heteroatoms. The number of nitrogens with two attached hydrogens (primary N) is 1. The molecule has 0 amide bonds. The number of anilines is 1. The first-order valence-corrected chi connectivity index (χ1v) is 11.0. The molecule has 0 saturated carbocycles. The normalized spacial score (nSPS) is 19.1. The van der Waals surface area contributed by atoms with E-state index in [9.17, 15) is 4.79 Å². The molecule has 4 rings (SSSR count). The van der Waals surface area contributed by atoms with Crippen LogP contribution >= 0.6 is 11.6 Å². The summed E-state index contributed by atoms with van der Waals surface area (Å²) in [7, 11) is 0. The van der Waals surface area contributed by atoms with E-state index in [0.717, 1.165) is 6.92 Å². The summed E-state index contributed by atoms with van der Waals surface area (Å²) in [5, 5.41) is 0.492. The lowest BCUT2D eigenvalue weighted by Crippen LogP contribution is -2.10. The molecular formula is C32H37ClN2O. The molecule has 0 aliphatic rings. The third-order valence-electron chi connectivity index (χ3n) is 4.55. The lowest BCUT2D eigenvalue weighted by molar-refractivity contribution is 0.103. The first kappa shape index (κ1) is 12.7. The van der Waals surface area contributed by atoms with Gasteiger partial charge in [-0.2, -0.15) is 0 Å². The summed E-state index contributed by atoms with van der Waals surface area (Å²) in [5.74, 6) is -0.151. The minimum absolute atomic E-state index is 0.151. The van der Waals surface area contributed by atoms with Crippen molar-refractivity contribution in [1.82, 2.24) is 4.98 Å². The third kappa shape index (κ3) is 9.31. The SMILES string of the molecule is Nc1ccc(Cl)cc1C(=O)c1ccncc1.[2H]C([2H])([2H])C(C)(c1ccccc1)C([2H])([2H])[2H].[2H]c1c([2H])c([2H])c(C(C)(C([2H])([2H])[2H])C([2H])([2H])[2H])c([2H])c1[2H]. The van der Waals surface area contributed by atoms with Gasteiger partial charge in [0.15, 0.2) is 5.78 Å². The Hall–Kier alpha value is -3.43. The Morgan fingerprint density at radius 3 is 2.03 bits per heavy atom. The summed E-state index contributed by atoms with van der Waals surface area (Å²) in [5.41, 5.74) is 2.31. The maximum atomic E-state index is 12.1. The number of nitrogens with zero attached hydrogens (tertiary/aromatic N) is 1. The van der Waals surface area contributed by atoms with Gasteiger partial charge in [-0.3, -0.25) is 9.78 Å². The van der Waals surface area contributed by atoms with Crippen molar-refractivity contribution in [3.8, 4) is 0 Å². The number of carbonyl (C=O) groups is 1. The largest absolute Gasteiger partial charge is 0.398 e. The highest BCUT2D eigenvalue weighted by Crippen LogP contribution is 2.22. The van der Waals surface area contributed by atoms with Gasteiger partial charge in [0, 0.05) is 50.7 Å². The van der Waals surface area contributed by atoms with E-state index in [2.05, 4.69) is 4.98 Å². The molecule has 0 radical (unpaired) electrons. The Morgan fingerprint density at radius 2 is 1.44 bits per heavy atom. The Morgan fingerprint density at radius 1 is 0.861 bits per heavy atom. The molecule has 2 N–H and O–H groups in total. The second kappa shape index (κ2) is 13.0. The van der Waals surface area contributed by atoms with Gasteiger partial charge in [-0.25, -0.2) is 0 Å². The van der Waals surface area contributed by atoms with Gasteiger partial charge in [0.05, 0.1) is 6.85 Å². The zero-order chi connectivity index (χ0) is 41.1. The highest BCUT2D eigenvalue weighted by atomic mass is 35.5. The molecular weight excluding hydrogens is 464 g/mol. The maximum Gasteiger partial charge on any atom is 0.195 e. The van der Waals surface area contributed by atoms with E-state index in [1.54, 1.807) is 73.1 Å². The number of hydrogen-bond donors (Lipinski definition) is 1. The number of aromatic nitrogens is 1. The van der Waals surface area contributed by atoms with Gasteiger partial charge in [-0.05, 0) is 52.3 Å². The molecule has 0 saturated heterocycles. The molecule has 0 bridgehead atoms. The van der Waals surface area contributed by atoms with E-state index in [4.69, 9.17) is 40.6 Å². The van der Waals surface area contributed by atoms with Gasteiger partial charge in [-0.15, -0.1) is 0 Å². The van der Waals surface area contributed by atoms with Crippen molar-refractivity contribution in [3.05, 3.63) is 131 Å². The van der Waals surface area contributed by atoms with Crippen molar-refractivity contribution in [2.45, 2.75) is 52.1 Å². The first-order chi connectivity index (χ1) is 24.0. The molecule has 0 fully saturated rings. The zero-order valence-corrected chi connectivity index (χ0v) is 20.5. The van der Waals surface area contributed by atoms with Gasteiger partial charge < -0.3 is 5.73 Å². The Kier molecular flexibility index (Phi) is 4.60. The van der Waals surface area contributed by atoms with Crippen LogP contribution < -0.4 is 5.73 Å². The van der Waals surface area contributed by atoms with E-state index >= 15 is 0 Å². The van der Waals surface area contributed by atoms with Crippen LogP contribution in [0.25, 0.3) is 0 Å². The van der Waals surface area contributed by atoms with Crippen molar-refractivity contribution in [1.29, 1.82) is 0 Å². The van der Waals surface area contributed by atoms with Crippen molar-refractivity contribution in [2.75, 3.05) is 5.73 Å². The number of nitrogen functional groups attached to an aromatic ring is 1. The molecule has 0 aliphatic heterocycles. The van der Waals surface area contributed by atoms with E-state index in [0.29, 0.717) is 27.4 Å². The summed E-state index contributed by atoms with van der Waals surface area (Å²) in [6.45, 7) is -9.15. The number of halogens is 1. The average molecular weight is 518 g/mol. The summed E-state index contributed by atoms with van der Waals surface area (Å²) in [6.07, 6.45) is 3.13. The smallest absolute Gasteiger partial charge is 0.195 e. The number of ketones is 1. The Labute approximate surface area is 245 Å². The standard InChI is InChI=1S/C12H9ClN2O.2C10H14/c13-9-1-2-11(14)10(7-9)12(16)8-3-5-15-6-4-8;2*1-10(2,3)9-7-5-4-6-8-9/h1-7H,14H2;2*4-8H,1-3H3/i;1D3,2D3,4D,5D,6D,7D,8D;1D3,2D3. The molecule has 1 aromatic heterocycles. The van der Waals surface area contributed by atoms with Crippen LogP contribution in [0.4, 0.5) is 5.69 Å². The summed E-state index contributed by atoms with van der Waals surface area (Å²) in [6, 6.07) is 12.4. The zero-order valence-electron chi connectivity index (χ0n) is 36.7. The predicted octanol–water partition coefficient (Wildman–Crippen LogP) is 8.52. The summed E-state index contributed by atoms with van der Waals surface area (Å²) < 4.78 is 128. The van der Waals surface area contributed by atoms with E-state index in [1.165, 1.54) is 6.92 Å². The first-order valence-electron chi connectivity index (χ1n) is 19.1. The topological polar surface area (TPSA) is 56.0 Å². The molecule has 188 valence electrons. The highest BCUT2D eigenvalue weighted by Gasteiger charge is 2.13. The highest BCUT2D eigenvalue weighted by molar-refractivity contribution is 6.31. The number of carbonyl (C=O) groups excluding carboxylic acids is 1. The quantitative estimate of drug-likeness (QED) is 0.214. The van der Waals surface area contributed by atoms with Gasteiger partial charge in [0.25, 0.3) is 0 Å². The fourth-order valence-corrected chi connectivity index (χ4v) is 2.83. The minimum atomic E-state index is -3.08. The Balaban J connectivity index is 0.000000279. The third-order valence-corrected chi connectivity index (χ3v) is 4.79. The number of hydrogen-bond acceptors (Lipinski definition) is 3. The Bertz CT molecular complexity index is 1830. The maximum absolute atomic E-state index is 12.1. The second-order valence-electron chi connectivity index (χ2n) is 7.91. The van der Waals surface area contributed by atoms with Gasteiger partial charge in [-0.1, -0.05) is 113 Å². The lowest BCUT2D eigenvalue weighted by Gasteiger charge is -2.18. The molecule has 0 aliphatic carbocycles. The monoisotopic (exact) mass is 517 g/mol. The second-order valence-corrected chi connectivity index (χ2v) is 8.35. The molecule has 1 heterocycles. The fraction of sp³-hybridized carbons (Fsp3) is 0.250. The average Bonchev–Trinajstić information content (AvgIpc) is 3.06. The van der Waals surface area contributed by atoms with Crippen LogP contribution in [0, 0.1) is 0 Å². The van der Waals surface area contributed by atoms with Gasteiger partial charge >= 0.3 is 0 Å². The number of benzene rings is 3. The van der Waals surface area contributed by atoms with Crippen LogP contribution in [0.2, 0.25) is 5.02 Å². The molecule has 36 heavy (non-hydrogen) atoms. The van der Waals surface area contributed by atoms with Crippen molar-refractivity contribution in [3.63, 3.8) is 0 Å². The summed E-state index contributed by atoms with van der Waals surface area (Å²) >= 11 is 5.83. The van der Waals surface area contributed by atoms with Crippen molar-refractivity contribution in [2.24, 2.45) is 0 Å². The van der Waals surface area contributed by atoms with Gasteiger partial charge in [0.2, 0.25) is 0 Å². The molecule has 4 aromatic rings. The van der Waals surface area contributed by atoms with Crippen LogP contribution in [0.5, 0.6) is 0 Å². The van der Waals surface area contributed by atoms with E-state index in [1.807, 2.05) is 0 Å². The minimum Gasteiger partial charge on any atom is -0.398 e. The molecule has 3 aromatic carbocycles. The molecule has 0 unspecified atom stereocenters. The fourth-order valence-electron chi connectivity index (χ4n) is 2.66. The van der Waals surface area contributed by atoms with E-state index < -0.39 is 74.0 Å². The van der Waals surface area contributed by atoms with Crippen LogP contribution in [0.1, 0.15) is 91.6 Å². The number of pyridine rings is 1. The van der Waals surface area contributed by atoms with Crippen LogP contribution in [-0.4, -0.2) is 10.8 Å². The van der Waals surface area contributed by atoms with Crippen LogP contribution in [-0.2, 0) is 10.8 Å². The molecule has 3 nitrogen and oxygen atoms in total.